The number of amides is 1. The lowest BCUT2D eigenvalue weighted by atomic mass is 10.0. The molecule has 4 nitrogen and oxygen atoms in total. The van der Waals surface area contributed by atoms with Crippen LogP contribution in [0.15, 0.2) is 18.2 Å². The molecular formula is C13H19FN2O2. The number of nitrogens with one attached hydrogen (secondary N) is 1. The summed E-state index contributed by atoms with van der Waals surface area (Å²) in [5.74, 6) is -0.255. The molecule has 0 saturated carbocycles. The van der Waals surface area contributed by atoms with Crippen LogP contribution in [0.1, 0.15) is 19.4 Å². The van der Waals surface area contributed by atoms with Crippen molar-refractivity contribution in [1.82, 2.24) is 5.32 Å². The van der Waals surface area contributed by atoms with Crippen LogP contribution in [0, 0.1) is 12.7 Å². The summed E-state index contributed by atoms with van der Waals surface area (Å²) < 4.78 is 18.6. The predicted molar refractivity (Wildman–Crippen MR) is 67.9 cm³/mol. The Morgan fingerprint density at radius 1 is 1.56 bits per heavy atom. The van der Waals surface area contributed by atoms with Crippen LogP contribution in [-0.4, -0.2) is 24.6 Å². The SMILES string of the molecule is CCNC(C)(COc1ccc(F)c(C)c1)C(N)=O. The number of primary amides is 1. The van der Waals surface area contributed by atoms with Crippen molar-refractivity contribution in [2.24, 2.45) is 5.73 Å². The van der Waals surface area contributed by atoms with Gasteiger partial charge in [0.1, 0.15) is 23.7 Å². The van der Waals surface area contributed by atoms with E-state index in [1.165, 1.54) is 12.1 Å². The molecule has 0 aliphatic heterocycles. The topological polar surface area (TPSA) is 64.3 Å². The van der Waals surface area contributed by atoms with E-state index in [0.717, 1.165) is 0 Å². The summed E-state index contributed by atoms with van der Waals surface area (Å²) in [6.07, 6.45) is 0. The average molecular weight is 254 g/mol. The van der Waals surface area contributed by atoms with Gasteiger partial charge in [0.15, 0.2) is 0 Å². The van der Waals surface area contributed by atoms with E-state index in [0.29, 0.717) is 17.9 Å². The Labute approximate surface area is 106 Å². The molecular weight excluding hydrogens is 235 g/mol. The number of ether oxygens (including phenoxy) is 1. The third kappa shape index (κ3) is 3.43. The zero-order valence-electron chi connectivity index (χ0n) is 10.9. The fourth-order valence-electron chi connectivity index (χ4n) is 1.53. The van der Waals surface area contributed by atoms with Gasteiger partial charge in [-0.25, -0.2) is 4.39 Å². The van der Waals surface area contributed by atoms with E-state index in [2.05, 4.69) is 5.32 Å². The van der Waals surface area contributed by atoms with E-state index in [4.69, 9.17) is 10.5 Å². The van der Waals surface area contributed by atoms with E-state index in [1.807, 2.05) is 6.92 Å². The smallest absolute Gasteiger partial charge is 0.240 e. The largest absolute Gasteiger partial charge is 0.491 e. The van der Waals surface area contributed by atoms with Gasteiger partial charge in [-0.1, -0.05) is 6.92 Å². The quantitative estimate of drug-likeness (QED) is 0.805. The van der Waals surface area contributed by atoms with Crippen molar-refractivity contribution in [3.63, 3.8) is 0 Å². The van der Waals surface area contributed by atoms with Crippen LogP contribution in [-0.2, 0) is 4.79 Å². The first-order valence-electron chi connectivity index (χ1n) is 5.83. The van der Waals surface area contributed by atoms with Gasteiger partial charge >= 0.3 is 0 Å². The summed E-state index contributed by atoms with van der Waals surface area (Å²) in [6.45, 7) is 5.91. The molecule has 0 aliphatic carbocycles. The Bertz CT molecular complexity index is 437. The molecule has 1 atom stereocenters. The van der Waals surface area contributed by atoms with Crippen molar-refractivity contribution >= 4 is 5.91 Å². The van der Waals surface area contributed by atoms with Gasteiger partial charge in [0, 0.05) is 0 Å². The lowest BCUT2D eigenvalue weighted by Gasteiger charge is -2.26. The van der Waals surface area contributed by atoms with Gasteiger partial charge in [0.25, 0.3) is 0 Å². The molecule has 1 amide bonds. The van der Waals surface area contributed by atoms with Gasteiger partial charge in [0.05, 0.1) is 0 Å². The number of carbonyl (C=O) groups excluding carboxylic acids is 1. The summed E-state index contributed by atoms with van der Waals surface area (Å²) in [5.41, 5.74) is 4.90. The van der Waals surface area contributed by atoms with Gasteiger partial charge < -0.3 is 15.8 Å². The highest BCUT2D eigenvalue weighted by molar-refractivity contribution is 5.84. The third-order valence-corrected chi connectivity index (χ3v) is 2.77. The first kappa shape index (κ1) is 14.4. The second kappa shape index (κ2) is 5.82. The number of halogens is 1. The van der Waals surface area contributed by atoms with Crippen LogP contribution in [0.3, 0.4) is 0 Å². The zero-order chi connectivity index (χ0) is 13.8. The normalized spacial score (nSPS) is 14.0. The van der Waals surface area contributed by atoms with Crippen LogP contribution in [0.25, 0.3) is 0 Å². The molecule has 0 heterocycles. The molecule has 0 bridgehead atoms. The first-order valence-corrected chi connectivity index (χ1v) is 5.83. The number of hydrogen-bond acceptors (Lipinski definition) is 3. The molecule has 0 radical (unpaired) electrons. The Morgan fingerprint density at radius 2 is 2.22 bits per heavy atom. The van der Waals surface area contributed by atoms with Crippen molar-refractivity contribution in [2.45, 2.75) is 26.3 Å². The molecule has 1 unspecified atom stereocenters. The first-order chi connectivity index (χ1) is 8.39. The number of rotatable bonds is 6. The molecule has 0 aliphatic rings. The van der Waals surface area contributed by atoms with Crippen LogP contribution in [0.2, 0.25) is 0 Å². The molecule has 0 spiro atoms. The minimum Gasteiger partial charge on any atom is -0.491 e. The number of benzene rings is 1. The van der Waals surface area contributed by atoms with Crippen LogP contribution < -0.4 is 15.8 Å². The minimum atomic E-state index is -0.933. The minimum absolute atomic E-state index is 0.0985. The zero-order valence-corrected chi connectivity index (χ0v) is 10.9. The fraction of sp³-hybridized carbons (Fsp3) is 0.462. The summed E-state index contributed by atoms with van der Waals surface area (Å²) in [5, 5.41) is 2.98. The second-order valence-electron chi connectivity index (χ2n) is 4.43. The van der Waals surface area contributed by atoms with Crippen LogP contribution in [0.4, 0.5) is 4.39 Å². The monoisotopic (exact) mass is 254 g/mol. The van der Waals surface area contributed by atoms with Crippen molar-refractivity contribution in [2.75, 3.05) is 13.2 Å². The predicted octanol–water partition coefficient (Wildman–Crippen LogP) is 1.37. The second-order valence-corrected chi connectivity index (χ2v) is 4.43. The van der Waals surface area contributed by atoms with Gasteiger partial charge in [-0.3, -0.25) is 4.79 Å². The maximum absolute atomic E-state index is 13.1. The summed E-state index contributed by atoms with van der Waals surface area (Å²) >= 11 is 0. The Balaban J connectivity index is 2.73. The van der Waals surface area contributed by atoms with Gasteiger partial charge in [-0.2, -0.15) is 0 Å². The van der Waals surface area contributed by atoms with Gasteiger partial charge in [0.2, 0.25) is 5.91 Å². The van der Waals surface area contributed by atoms with Crippen LogP contribution >= 0.6 is 0 Å². The Morgan fingerprint density at radius 3 is 2.72 bits per heavy atom. The van der Waals surface area contributed by atoms with Crippen LogP contribution in [0.5, 0.6) is 5.75 Å². The van der Waals surface area contributed by atoms with E-state index in [9.17, 15) is 9.18 Å². The van der Waals surface area contributed by atoms with Gasteiger partial charge in [-0.05, 0) is 44.2 Å². The summed E-state index contributed by atoms with van der Waals surface area (Å²) in [4.78, 5) is 11.4. The Kier molecular flexibility index (Phi) is 4.67. The molecule has 0 fully saturated rings. The molecule has 1 aromatic rings. The summed E-state index contributed by atoms with van der Waals surface area (Å²) in [6, 6.07) is 4.44. The number of carbonyl (C=O) groups is 1. The fourth-order valence-corrected chi connectivity index (χ4v) is 1.53. The molecule has 0 saturated heterocycles. The van der Waals surface area contributed by atoms with Crippen molar-refractivity contribution in [3.8, 4) is 5.75 Å². The molecule has 0 aromatic heterocycles. The number of likely N-dealkylation sites (N-methyl/N-ethyl adjacent to an activating group) is 1. The van der Waals surface area contributed by atoms with Gasteiger partial charge in [-0.15, -0.1) is 0 Å². The highest BCUT2D eigenvalue weighted by Crippen LogP contribution is 2.17. The van der Waals surface area contributed by atoms with E-state index >= 15 is 0 Å². The molecule has 1 rings (SSSR count). The lowest BCUT2D eigenvalue weighted by molar-refractivity contribution is -0.124. The molecule has 3 N–H and O–H groups in total. The van der Waals surface area contributed by atoms with E-state index < -0.39 is 11.4 Å². The highest BCUT2D eigenvalue weighted by atomic mass is 19.1. The standard InChI is InChI=1S/C13H19FN2O2/c1-4-16-13(3,12(15)17)8-18-10-5-6-11(14)9(2)7-10/h5-7,16H,4,8H2,1-3H3,(H2,15,17). The van der Waals surface area contributed by atoms with Crippen molar-refractivity contribution in [3.05, 3.63) is 29.6 Å². The molecule has 1 aromatic carbocycles. The highest BCUT2D eigenvalue weighted by Gasteiger charge is 2.30. The number of hydrogen-bond donors (Lipinski definition) is 2. The number of nitrogens with two attached hydrogens (primary N) is 1. The summed E-state index contributed by atoms with van der Waals surface area (Å²) in [7, 11) is 0. The molecule has 100 valence electrons. The van der Waals surface area contributed by atoms with Crippen molar-refractivity contribution in [1.29, 1.82) is 0 Å². The maximum atomic E-state index is 13.1. The van der Waals surface area contributed by atoms with Crippen molar-refractivity contribution < 1.29 is 13.9 Å². The number of aryl methyl sites for hydroxylation is 1. The Hall–Kier alpha value is -1.62. The molecule has 18 heavy (non-hydrogen) atoms. The molecule has 5 heteroatoms. The van der Waals surface area contributed by atoms with E-state index in [-0.39, 0.29) is 12.4 Å². The lowest BCUT2D eigenvalue weighted by Crippen LogP contribution is -2.57. The average Bonchev–Trinajstić information content (AvgIpc) is 2.31. The van der Waals surface area contributed by atoms with E-state index in [1.54, 1.807) is 19.9 Å². The third-order valence-electron chi connectivity index (χ3n) is 2.77. The maximum Gasteiger partial charge on any atom is 0.240 e.